The molecule has 18 unspecified atom stereocenters. The van der Waals surface area contributed by atoms with Crippen LogP contribution in [0.25, 0.3) is 0 Å². The predicted molar refractivity (Wildman–Crippen MR) is 153 cm³/mol. The highest BCUT2D eigenvalue weighted by Gasteiger charge is 2.61. The largest absolute Gasteiger partial charge is 0.176 e. The standard InChI is InChI=1S/C30H44S4/c31-16-7-19-13-1-25(22(19)9-16)28(4-13)33-18-11-21-15-3-27(24(21)12-18)30(6-15)34-29-5-14-2-26(29)23-10-17(32)8-20(14)23/h13-32H,1-12H2. The first-order valence-electron chi connectivity index (χ1n) is 15.3. The summed E-state index contributed by atoms with van der Waals surface area (Å²) in [5, 5.41) is 5.58. The summed E-state index contributed by atoms with van der Waals surface area (Å²) in [7, 11) is 0. The van der Waals surface area contributed by atoms with E-state index in [9.17, 15) is 0 Å². The summed E-state index contributed by atoms with van der Waals surface area (Å²) in [4.78, 5) is 0. The van der Waals surface area contributed by atoms with Crippen LogP contribution in [0.4, 0.5) is 0 Å². The molecule has 0 spiro atoms. The van der Waals surface area contributed by atoms with Crippen molar-refractivity contribution in [1.82, 2.24) is 0 Å². The van der Waals surface area contributed by atoms with Crippen molar-refractivity contribution in [2.75, 3.05) is 0 Å². The number of hydrogen-bond donors (Lipinski definition) is 2. The zero-order chi connectivity index (χ0) is 22.3. The average Bonchev–Trinajstić information content (AvgIpc) is 3.60. The van der Waals surface area contributed by atoms with Crippen LogP contribution in [0.15, 0.2) is 0 Å². The molecule has 0 aromatic carbocycles. The van der Waals surface area contributed by atoms with Gasteiger partial charge in [0.2, 0.25) is 0 Å². The van der Waals surface area contributed by atoms with Crippen molar-refractivity contribution in [3.05, 3.63) is 0 Å². The van der Waals surface area contributed by atoms with Crippen LogP contribution in [0.5, 0.6) is 0 Å². The first kappa shape index (κ1) is 22.2. The van der Waals surface area contributed by atoms with Crippen molar-refractivity contribution in [2.45, 2.75) is 109 Å². The SMILES string of the molecule is SC1CC2C3CC(SC4CC5C6CC(SC7CC8CC7C7CC(S)CC87)C(C6)C5C4)C(C3)C2C1. The summed E-state index contributed by atoms with van der Waals surface area (Å²) < 4.78 is 0. The fourth-order valence-electron chi connectivity index (χ4n) is 13.0. The first-order chi connectivity index (χ1) is 16.6. The molecule has 9 rings (SSSR count). The Morgan fingerprint density at radius 3 is 1.26 bits per heavy atom. The molecule has 9 aliphatic carbocycles. The number of rotatable bonds is 4. The number of hydrogen-bond acceptors (Lipinski definition) is 4. The van der Waals surface area contributed by atoms with Gasteiger partial charge < -0.3 is 0 Å². The van der Waals surface area contributed by atoms with Crippen molar-refractivity contribution in [2.24, 2.45) is 71.0 Å². The molecule has 0 aromatic heterocycles. The van der Waals surface area contributed by atoms with Crippen molar-refractivity contribution < 1.29 is 0 Å². The number of thiol groups is 2. The molecular formula is C30H44S4. The van der Waals surface area contributed by atoms with Gasteiger partial charge in [0.25, 0.3) is 0 Å². The van der Waals surface area contributed by atoms with Crippen LogP contribution in [0.3, 0.4) is 0 Å². The maximum atomic E-state index is 4.90. The third-order valence-electron chi connectivity index (χ3n) is 13.8. The molecule has 0 heterocycles. The van der Waals surface area contributed by atoms with Gasteiger partial charge in [0.05, 0.1) is 0 Å². The Kier molecular flexibility index (Phi) is 5.21. The van der Waals surface area contributed by atoms with Gasteiger partial charge in [-0.05, 0) is 148 Å². The molecule has 34 heavy (non-hydrogen) atoms. The Labute approximate surface area is 227 Å². The van der Waals surface area contributed by atoms with Crippen LogP contribution in [0.1, 0.15) is 77.0 Å². The molecule has 6 bridgehead atoms. The molecule has 18 atom stereocenters. The van der Waals surface area contributed by atoms with Gasteiger partial charge in [0, 0.05) is 31.5 Å². The second-order valence-corrected chi connectivity index (χ2v) is 19.4. The molecule has 0 amide bonds. The van der Waals surface area contributed by atoms with E-state index in [1.54, 1.807) is 51.4 Å². The van der Waals surface area contributed by atoms with E-state index in [0.29, 0.717) is 0 Å². The lowest BCUT2D eigenvalue weighted by Crippen LogP contribution is -2.32. The lowest BCUT2D eigenvalue weighted by atomic mass is 9.81. The third kappa shape index (κ3) is 3.16. The Balaban J connectivity index is 0.839. The minimum Gasteiger partial charge on any atom is -0.176 e. The summed E-state index contributed by atoms with van der Waals surface area (Å²) in [5.74, 6) is 13.1. The second kappa shape index (κ2) is 7.97. The Hall–Kier alpha value is 1.40. The molecule has 188 valence electrons. The van der Waals surface area contributed by atoms with Gasteiger partial charge in [-0.15, -0.1) is 0 Å². The molecular weight excluding hydrogens is 489 g/mol. The normalized spacial score (nSPS) is 66.5. The van der Waals surface area contributed by atoms with E-state index in [0.717, 1.165) is 103 Å². The predicted octanol–water partition coefficient (Wildman–Crippen LogP) is 7.72. The van der Waals surface area contributed by atoms with Gasteiger partial charge in [-0.3, -0.25) is 0 Å². The molecule has 0 radical (unpaired) electrons. The van der Waals surface area contributed by atoms with Crippen LogP contribution in [-0.2, 0) is 0 Å². The van der Waals surface area contributed by atoms with Crippen LogP contribution in [-0.4, -0.2) is 31.5 Å². The minimum atomic E-state index is 0.730. The van der Waals surface area contributed by atoms with Crippen LogP contribution < -0.4 is 0 Å². The Morgan fingerprint density at radius 2 is 0.735 bits per heavy atom. The summed E-state index contributed by atoms with van der Waals surface area (Å²) in [6.45, 7) is 0. The molecule has 9 fully saturated rings. The lowest BCUT2D eigenvalue weighted by molar-refractivity contribution is 0.256. The van der Waals surface area contributed by atoms with Gasteiger partial charge in [-0.2, -0.15) is 48.8 Å². The van der Waals surface area contributed by atoms with E-state index in [-0.39, 0.29) is 0 Å². The molecule has 9 saturated carbocycles. The van der Waals surface area contributed by atoms with Gasteiger partial charge in [0.1, 0.15) is 0 Å². The smallest absolute Gasteiger partial charge is 0.00838 e. The van der Waals surface area contributed by atoms with E-state index in [1.807, 2.05) is 0 Å². The van der Waals surface area contributed by atoms with Crippen LogP contribution >= 0.6 is 48.8 Å². The molecule has 0 saturated heterocycles. The van der Waals surface area contributed by atoms with Crippen molar-refractivity contribution in [3.8, 4) is 0 Å². The quantitative estimate of drug-likeness (QED) is 0.356. The summed E-state index contributed by atoms with van der Waals surface area (Å²) in [6, 6.07) is 0. The van der Waals surface area contributed by atoms with Crippen molar-refractivity contribution in [3.63, 3.8) is 0 Å². The van der Waals surface area contributed by atoms with Crippen LogP contribution in [0.2, 0.25) is 0 Å². The van der Waals surface area contributed by atoms with Crippen molar-refractivity contribution >= 4 is 48.8 Å². The monoisotopic (exact) mass is 532 g/mol. The van der Waals surface area contributed by atoms with Crippen molar-refractivity contribution in [1.29, 1.82) is 0 Å². The molecule has 9 aliphatic rings. The lowest BCUT2D eigenvalue weighted by Gasteiger charge is -2.37. The first-order valence-corrected chi connectivity index (χ1v) is 18.2. The fraction of sp³-hybridized carbons (Fsp3) is 1.00. The molecule has 0 N–H and O–H groups in total. The van der Waals surface area contributed by atoms with Crippen LogP contribution in [0, 0.1) is 71.0 Å². The molecule has 0 aliphatic heterocycles. The zero-order valence-corrected chi connectivity index (χ0v) is 24.0. The minimum absolute atomic E-state index is 0.730. The summed E-state index contributed by atoms with van der Waals surface area (Å²) >= 11 is 14.9. The van der Waals surface area contributed by atoms with Gasteiger partial charge in [-0.25, -0.2) is 0 Å². The van der Waals surface area contributed by atoms with E-state index in [2.05, 4.69) is 23.5 Å². The maximum absolute atomic E-state index is 4.90. The molecule has 0 nitrogen and oxygen atoms in total. The highest BCUT2D eigenvalue weighted by atomic mass is 32.2. The topological polar surface area (TPSA) is 0 Å². The zero-order valence-electron chi connectivity index (χ0n) is 20.6. The maximum Gasteiger partial charge on any atom is 0.00838 e. The van der Waals surface area contributed by atoms with Gasteiger partial charge in [0.15, 0.2) is 0 Å². The van der Waals surface area contributed by atoms with E-state index in [4.69, 9.17) is 25.3 Å². The van der Waals surface area contributed by atoms with Gasteiger partial charge >= 0.3 is 0 Å². The Morgan fingerprint density at radius 1 is 0.353 bits per heavy atom. The highest BCUT2D eigenvalue weighted by molar-refractivity contribution is 8.00. The van der Waals surface area contributed by atoms with E-state index >= 15 is 0 Å². The summed E-state index contributed by atoms with van der Waals surface area (Å²) in [5.41, 5.74) is 0. The number of fused-ring (bicyclic) bond motifs is 15. The summed E-state index contributed by atoms with van der Waals surface area (Å²) in [6.07, 6.45) is 18.6. The Bertz CT molecular complexity index is 846. The van der Waals surface area contributed by atoms with E-state index in [1.165, 1.54) is 25.7 Å². The second-order valence-electron chi connectivity index (χ2n) is 14.9. The van der Waals surface area contributed by atoms with Gasteiger partial charge in [-0.1, -0.05) is 0 Å². The fourth-order valence-corrected chi connectivity index (χ4v) is 18.2. The average molecular weight is 533 g/mol. The molecule has 0 aromatic rings. The molecule has 4 heteroatoms. The number of thioether (sulfide) groups is 2. The van der Waals surface area contributed by atoms with E-state index < -0.39 is 0 Å². The third-order valence-corrected chi connectivity index (χ3v) is 18.1. The highest BCUT2D eigenvalue weighted by Crippen LogP contribution is 2.68.